The highest BCUT2D eigenvalue weighted by Gasteiger charge is 2.18. The van der Waals surface area contributed by atoms with E-state index >= 15 is 0 Å². The van der Waals surface area contributed by atoms with Crippen molar-refractivity contribution in [1.82, 2.24) is 10.6 Å². The molecule has 0 saturated heterocycles. The van der Waals surface area contributed by atoms with Gasteiger partial charge in [-0.25, -0.2) is 4.39 Å². The molecule has 5 heteroatoms. The van der Waals surface area contributed by atoms with Gasteiger partial charge < -0.3 is 10.6 Å². The molecule has 0 aromatic heterocycles. The van der Waals surface area contributed by atoms with Crippen LogP contribution in [0.4, 0.5) is 4.39 Å². The van der Waals surface area contributed by atoms with Gasteiger partial charge in [-0.05, 0) is 37.0 Å². The normalized spacial score (nSPS) is 17.4. The standard InChI is InChI=1S/C22H33FN2O2/c23-19-14-12-18(13-15-19)16-17-24-21(26)22(27)25-20-10-8-6-4-2-1-3-5-7-9-11-20/h12-15,20H,1-11,16-17H2,(H,24,26)(H,25,27). The van der Waals surface area contributed by atoms with E-state index in [1.54, 1.807) is 12.1 Å². The van der Waals surface area contributed by atoms with Crippen molar-refractivity contribution in [2.24, 2.45) is 0 Å². The Morgan fingerprint density at radius 3 is 1.89 bits per heavy atom. The number of rotatable bonds is 4. The average molecular weight is 377 g/mol. The molecule has 2 N–H and O–H groups in total. The molecule has 0 unspecified atom stereocenters. The second-order valence-corrected chi connectivity index (χ2v) is 7.56. The zero-order valence-electron chi connectivity index (χ0n) is 16.3. The predicted octanol–water partition coefficient (Wildman–Crippen LogP) is 4.27. The summed E-state index contributed by atoms with van der Waals surface area (Å²) in [6, 6.07) is 6.26. The van der Waals surface area contributed by atoms with Crippen molar-refractivity contribution in [2.75, 3.05) is 6.54 Å². The van der Waals surface area contributed by atoms with Crippen molar-refractivity contribution in [2.45, 2.75) is 83.1 Å². The van der Waals surface area contributed by atoms with E-state index in [1.165, 1.54) is 57.1 Å². The van der Waals surface area contributed by atoms with Crippen LogP contribution in [0.2, 0.25) is 0 Å². The average Bonchev–Trinajstić information content (AvgIpc) is 2.65. The first-order valence-corrected chi connectivity index (χ1v) is 10.5. The van der Waals surface area contributed by atoms with Crippen LogP contribution in [0.1, 0.15) is 76.2 Å². The number of amides is 2. The molecule has 1 aliphatic carbocycles. The first-order valence-electron chi connectivity index (χ1n) is 10.5. The molecule has 0 radical (unpaired) electrons. The maximum absolute atomic E-state index is 12.9. The Bertz CT molecular complexity index is 562. The van der Waals surface area contributed by atoms with Gasteiger partial charge in [0.15, 0.2) is 0 Å². The molecule has 150 valence electrons. The van der Waals surface area contributed by atoms with Gasteiger partial charge in [-0.1, -0.05) is 69.9 Å². The fourth-order valence-corrected chi connectivity index (χ4v) is 3.61. The molecule has 1 fully saturated rings. The molecule has 2 rings (SSSR count). The molecule has 4 nitrogen and oxygen atoms in total. The minimum atomic E-state index is -0.580. The van der Waals surface area contributed by atoms with Gasteiger partial charge in [0.25, 0.3) is 0 Å². The molecule has 0 atom stereocenters. The number of benzene rings is 1. The van der Waals surface area contributed by atoms with E-state index in [0.29, 0.717) is 13.0 Å². The Kier molecular flexibility index (Phi) is 9.88. The monoisotopic (exact) mass is 376 g/mol. The van der Waals surface area contributed by atoms with Crippen LogP contribution in [-0.2, 0) is 16.0 Å². The summed E-state index contributed by atoms with van der Waals surface area (Å²) in [6.45, 7) is 0.364. The highest BCUT2D eigenvalue weighted by molar-refractivity contribution is 6.35. The minimum absolute atomic E-state index is 0.0970. The summed E-state index contributed by atoms with van der Waals surface area (Å²) in [7, 11) is 0. The summed E-state index contributed by atoms with van der Waals surface area (Å²) in [6.07, 6.45) is 13.6. The van der Waals surface area contributed by atoms with E-state index in [9.17, 15) is 14.0 Å². The molecule has 0 spiro atoms. The highest BCUT2D eigenvalue weighted by atomic mass is 19.1. The van der Waals surface area contributed by atoms with E-state index in [-0.39, 0.29) is 11.9 Å². The highest BCUT2D eigenvalue weighted by Crippen LogP contribution is 2.17. The third-order valence-corrected chi connectivity index (χ3v) is 5.26. The molecular formula is C22H33FN2O2. The largest absolute Gasteiger partial charge is 0.348 e. The summed E-state index contributed by atoms with van der Waals surface area (Å²) >= 11 is 0. The quantitative estimate of drug-likeness (QED) is 0.771. The van der Waals surface area contributed by atoms with Crippen LogP contribution < -0.4 is 10.6 Å². The van der Waals surface area contributed by atoms with E-state index < -0.39 is 11.8 Å². The Balaban J connectivity index is 1.71. The van der Waals surface area contributed by atoms with E-state index in [0.717, 1.165) is 31.2 Å². The van der Waals surface area contributed by atoms with Crippen molar-refractivity contribution in [3.05, 3.63) is 35.6 Å². The van der Waals surface area contributed by atoms with Gasteiger partial charge in [-0.15, -0.1) is 0 Å². The smallest absolute Gasteiger partial charge is 0.309 e. The third-order valence-electron chi connectivity index (χ3n) is 5.26. The zero-order chi connectivity index (χ0) is 19.3. The molecular weight excluding hydrogens is 343 g/mol. The fraction of sp³-hybridized carbons (Fsp3) is 0.636. The maximum Gasteiger partial charge on any atom is 0.309 e. The van der Waals surface area contributed by atoms with E-state index in [1.807, 2.05) is 0 Å². The van der Waals surface area contributed by atoms with Crippen molar-refractivity contribution < 1.29 is 14.0 Å². The second kappa shape index (κ2) is 12.5. The zero-order valence-corrected chi connectivity index (χ0v) is 16.3. The molecule has 0 heterocycles. The maximum atomic E-state index is 12.9. The van der Waals surface area contributed by atoms with Crippen LogP contribution in [0.5, 0.6) is 0 Å². The van der Waals surface area contributed by atoms with Crippen LogP contribution in [0, 0.1) is 5.82 Å². The molecule has 2 amide bonds. The van der Waals surface area contributed by atoms with Gasteiger partial charge in [0.05, 0.1) is 0 Å². The first-order chi connectivity index (χ1) is 13.1. The Morgan fingerprint density at radius 1 is 0.815 bits per heavy atom. The number of carbonyl (C=O) groups excluding carboxylic acids is 2. The lowest BCUT2D eigenvalue weighted by molar-refractivity contribution is -0.139. The van der Waals surface area contributed by atoms with Gasteiger partial charge in [0.1, 0.15) is 5.82 Å². The number of carbonyl (C=O) groups is 2. The molecule has 1 aromatic carbocycles. The van der Waals surface area contributed by atoms with Crippen LogP contribution in [0.25, 0.3) is 0 Å². The van der Waals surface area contributed by atoms with Crippen molar-refractivity contribution in [3.8, 4) is 0 Å². The number of hydrogen-bond donors (Lipinski definition) is 2. The summed E-state index contributed by atoms with van der Waals surface area (Å²) in [5.41, 5.74) is 0.927. The first kappa shape index (κ1) is 21.4. The Labute approximate surface area is 162 Å². The lowest BCUT2D eigenvalue weighted by Crippen LogP contribution is -2.45. The summed E-state index contributed by atoms with van der Waals surface area (Å²) < 4.78 is 12.9. The van der Waals surface area contributed by atoms with Crippen LogP contribution in [0.15, 0.2) is 24.3 Å². The van der Waals surface area contributed by atoms with E-state index in [2.05, 4.69) is 10.6 Å². The van der Waals surface area contributed by atoms with Crippen LogP contribution in [-0.4, -0.2) is 24.4 Å². The van der Waals surface area contributed by atoms with Gasteiger partial charge in [0.2, 0.25) is 0 Å². The van der Waals surface area contributed by atoms with Gasteiger partial charge in [0, 0.05) is 12.6 Å². The number of halogens is 1. The lowest BCUT2D eigenvalue weighted by Gasteiger charge is -2.19. The summed E-state index contributed by atoms with van der Waals surface area (Å²) in [5, 5.41) is 5.59. The van der Waals surface area contributed by atoms with Gasteiger partial charge >= 0.3 is 11.8 Å². The second-order valence-electron chi connectivity index (χ2n) is 7.56. The Hall–Kier alpha value is -1.91. The lowest BCUT2D eigenvalue weighted by atomic mass is 9.98. The minimum Gasteiger partial charge on any atom is -0.348 e. The molecule has 0 aliphatic heterocycles. The van der Waals surface area contributed by atoms with Crippen molar-refractivity contribution in [1.29, 1.82) is 0 Å². The topological polar surface area (TPSA) is 58.2 Å². The molecule has 0 bridgehead atoms. The molecule has 1 aromatic rings. The number of nitrogens with one attached hydrogen (secondary N) is 2. The molecule has 27 heavy (non-hydrogen) atoms. The van der Waals surface area contributed by atoms with E-state index in [4.69, 9.17) is 0 Å². The van der Waals surface area contributed by atoms with Crippen molar-refractivity contribution in [3.63, 3.8) is 0 Å². The summed E-state index contributed by atoms with van der Waals surface area (Å²) in [4.78, 5) is 24.3. The van der Waals surface area contributed by atoms with Crippen LogP contribution >= 0.6 is 0 Å². The fourth-order valence-electron chi connectivity index (χ4n) is 3.61. The van der Waals surface area contributed by atoms with Gasteiger partial charge in [-0.2, -0.15) is 0 Å². The SMILES string of the molecule is O=C(NCCc1ccc(F)cc1)C(=O)NC1CCCCCCCCCCC1. The van der Waals surface area contributed by atoms with Crippen molar-refractivity contribution >= 4 is 11.8 Å². The van der Waals surface area contributed by atoms with Crippen LogP contribution in [0.3, 0.4) is 0 Å². The predicted molar refractivity (Wildman–Crippen MR) is 106 cm³/mol. The molecule has 1 saturated carbocycles. The number of hydrogen-bond acceptors (Lipinski definition) is 2. The molecule has 1 aliphatic rings. The third kappa shape index (κ3) is 9.03. The Morgan fingerprint density at radius 2 is 1.33 bits per heavy atom. The summed E-state index contributed by atoms with van der Waals surface area (Å²) in [5.74, 6) is -1.39. The van der Waals surface area contributed by atoms with Gasteiger partial charge in [-0.3, -0.25) is 9.59 Å².